The minimum absolute atomic E-state index is 0.155. The molecule has 238 valence electrons. The van der Waals surface area contributed by atoms with Crippen molar-refractivity contribution in [1.29, 1.82) is 0 Å². The Bertz CT molecular complexity index is 2230. The summed E-state index contributed by atoms with van der Waals surface area (Å²) in [6.07, 6.45) is 6.50. The predicted octanol–water partition coefficient (Wildman–Crippen LogP) is 7.39. The van der Waals surface area contributed by atoms with Crippen molar-refractivity contribution in [3.8, 4) is 11.3 Å². The van der Waals surface area contributed by atoms with Crippen LogP contribution in [-0.2, 0) is 18.9 Å². The summed E-state index contributed by atoms with van der Waals surface area (Å²) in [5.74, 6) is -1.34. The zero-order chi connectivity index (χ0) is 33.0. The second-order valence-electron chi connectivity index (χ2n) is 13.1. The number of para-hydroxylation sites is 1. The fraction of sp³-hybridized carbons (Fsp3) is 0.263. The Labute approximate surface area is 272 Å². The van der Waals surface area contributed by atoms with Gasteiger partial charge in [-0.25, -0.2) is 4.79 Å². The molecule has 3 aromatic heterocycles. The molecule has 0 radical (unpaired) electrons. The second kappa shape index (κ2) is 11.4. The van der Waals surface area contributed by atoms with Gasteiger partial charge in [-0.05, 0) is 80.6 Å². The van der Waals surface area contributed by atoms with E-state index in [1.54, 1.807) is 49.7 Å². The quantitative estimate of drug-likeness (QED) is 0.171. The second-order valence-corrected chi connectivity index (χ2v) is 13.1. The van der Waals surface area contributed by atoms with Crippen molar-refractivity contribution in [1.82, 2.24) is 19.4 Å². The number of pyridine rings is 1. The van der Waals surface area contributed by atoms with Crippen molar-refractivity contribution in [2.75, 3.05) is 5.32 Å². The summed E-state index contributed by atoms with van der Waals surface area (Å²) in [6.45, 7) is 3.32. The Morgan fingerprint density at radius 1 is 0.872 bits per heavy atom. The molecule has 0 atom stereocenters. The molecule has 7 rings (SSSR count). The molecule has 3 aromatic carbocycles. The smallest absolute Gasteiger partial charge is 0.352 e. The molecule has 1 fully saturated rings. The predicted molar refractivity (Wildman–Crippen MR) is 185 cm³/mol. The first-order valence-electron chi connectivity index (χ1n) is 16.0. The molecule has 3 heterocycles. The lowest BCUT2D eigenvalue weighted by molar-refractivity contribution is -0.120. The Morgan fingerprint density at radius 3 is 2.40 bits per heavy atom. The number of carbonyl (C=O) groups excluding carboxylic acids is 2. The van der Waals surface area contributed by atoms with Crippen molar-refractivity contribution in [3.05, 3.63) is 95.8 Å². The highest BCUT2D eigenvalue weighted by molar-refractivity contribution is 6.07. The summed E-state index contributed by atoms with van der Waals surface area (Å²) in [5, 5.41) is 18.2. The van der Waals surface area contributed by atoms with Gasteiger partial charge < -0.3 is 24.9 Å². The van der Waals surface area contributed by atoms with Crippen LogP contribution in [-0.4, -0.2) is 42.5 Å². The summed E-state index contributed by atoms with van der Waals surface area (Å²) in [5.41, 5.74) is 6.07. The van der Waals surface area contributed by atoms with Crippen LogP contribution in [0, 0.1) is 0 Å². The highest BCUT2D eigenvalue weighted by Crippen LogP contribution is 2.45. The molecular weight excluding hydrogens is 590 g/mol. The molecule has 47 heavy (non-hydrogen) atoms. The Morgan fingerprint density at radius 2 is 1.64 bits per heavy atom. The molecule has 3 N–H and O–H groups in total. The molecular formula is C38H37N5O4. The molecule has 9 nitrogen and oxygen atoms in total. The zero-order valence-electron chi connectivity index (χ0n) is 26.9. The summed E-state index contributed by atoms with van der Waals surface area (Å²) in [7, 11) is 3.74. The number of rotatable bonds is 7. The van der Waals surface area contributed by atoms with Crippen LogP contribution < -0.4 is 10.6 Å². The number of hydrogen-bond acceptors (Lipinski definition) is 4. The lowest BCUT2D eigenvalue weighted by Crippen LogP contribution is -2.52. The van der Waals surface area contributed by atoms with E-state index in [-0.39, 0.29) is 11.6 Å². The van der Waals surface area contributed by atoms with Gasteiger partial charge in [0.15, 0.2) is 0 Å². The van der Waals surface area contributed by atoms with Crippen molar-refractivity contribution < 1.29 is 19.5 Å². The molecule has 0 aliphatic heterocycles. The van der Waals surface area contributed by atoms with E-state index in [0.717, 1.165) is 51.4 Å². The van der Waals surface area contributed by atoms with E-state index >= 15 is 0 Å². The molecule has 1 aliphatic carbocycles. The topological polar surface area (TPSA) is 118 Å². The van der Waals surface area contributed by atoms with E-state index in [1.807, 2.05) is 30.5 Å². The SMILES string of the molecule is Cn1c(C(=O)O)cc2cc(NC(=O)C(C)(C)NC(=O)c3ccc4c(C5CCCC5)c(-c5cccc6cccnc56)n(C)c4c3)ccc21. The van der Waals surface area contributed by atoms with Crippen LogP contribution >= 0.6 is 0 Å². The first-order valence-corrected chi connectivity index (χ1v) is 16.0. The van der Waals surface area contributed by atoms with Gasteiger partial charge in [0.05, 0.1) is 11.2 Å². The lowest BCUT2D eigenvalue weighted by Gasteiger charge is -2.25. The molecule has 0 bridgehead atoms. The van der Waals surface area contributed by atoms with Crippen LogP contribution in [0.5, 0.6) is 0 Å². The van der Waals surface area contributed by atoms with Gasteiger partial charge >= 0.3 is 5.97 Å². The third-order valence-corrected chi connectivity index (χ3v) is 9.67. The average Bonchev–Trinajstić information content (AvgIpc) is 3.77. The zero-order valence-corrected chi connectivity index (χ0v) is 26.9. The maximum Gasteiger partial charge on any atom is 0.352 e. The van der Waals surface area contributed by atoms with Gasteiger partial charge in [0.1, 0.15) is 11.2 Å². The number of aryl methyl sites for hydroxylation is 2. The number of carboxylic acid groups (broad SMARTS) is 1. The fourth-order valence-corrected chi connectivity index (χ4v) is 7.19. The molecule has 0 spiro atoms. The van der Waals surface area contributed by atoms with Gasteiger partial charge in [0.2, 0.25) is 5.91 Å². The molecule has 1 saturated carbocycles. The molecule has 6 aromatic rings. The first-order chi connectivity index (χ1) is 22.5. The molecule has 0 unspecified atom stereocenters. The number of hydrogen-bond donors (Lipinski definition) is 3. The van der Waals surface area contributed by atoms with Crippen LogP contribution in [0.2, 0.25) is 0 Å². The van der Waals surface area contributed by atoms with Gasteiger partial charge in [-0.3, -0.25) is 14.6 Å². The molecule has 9 heteroatoms. The number of benzene rings is 3. The Balaban J connectivity index is 1.19. The monoisotopic (exact) mass is 627 g/mol. The number of aromatic nitrogens is 3. The van der Waals surface area contributed by atoms with E-state index in [2.05, 4.69) is 46.5 Å². The highest BCUT2D eigenvalue weighted by atomic mass is 16.4. The minimum Gasteiger partial charge on any atom is -0.477 e. The van der Waals surface area contributed by atoms with Crippen LogP contribution in [0.3, 0.4) is 0 Å². The maximum absolute atomic E-state index is 13.7. The fourth-order valence-electron chi connectivity index (χ4n) is 7.19. The minimum atomic E-state index is -1.24. The summed E-state index contributed by atoms with van der Waals surface area (Å²) in [4.78, 5) is 43.4. The normalized spacial score (nSPS) is 13.9. The number of nitrogens with zero attached hydrogens (tertiary/aromatic N) is 3. The number of amides is 2. The van der Waals surface area contributed by atoms with Crippen LogP contribution in [0.4, 0.5) is 5.69 Å². The van der Waals surface area contributed by atoms with Crippen LogP contribution in [0.1, 0.15) is 71.9 Å². The van der Waals surface area contributed by atoms with Gasteiger partial charge in [-0.1, -0.05) is 43.2 Å². The Kier molecular flexibility index (Phi) is 7.34. The van der Waals surface area contributed by atoms with Crippen LogP contribution in [0.25, 0.3) is 44.0 Å². The van der Waals surface area contributed by atoms with Crippen LogP contribution in [0.15, 0.2) is 79.0 Å². The van der Waals surface area contributed by atoms with Crippen molar-refractivity contribution >= 4 is 56.2 Å². The molecule has 0 saturated heterocycles. The summed E-state index contributed by atoms with van der Waals surface area (Å²) in [6, 6.07) is 22.9. The average molecular weight is 628 g/mol. The van der Waals surface area contributed by atoms with E-state index in [9.17, 15) is 19.5 Å². The largest absolute Gasteiger partial charge is 0.477 e. The molecule has 1 aliphatic rings. The number of aromatic carboxylic acids is 1. The van der Waals surface area contributed by atoms with Gasteiger partial charge in [0.25, 0.3) is 5.91 Å². The standard InChI is InChI=1S/C38H37N5O4/c1-38(2,37(47)40-26-15-17-29-25(19-26)21-31(36(45)46)42(29)3)41-35(44)24-14-16-27-30(20-24)43(4)34(32(27)22-9-5-6-10-22)28-13-7-11-23-12-8-18-39-33(23)28/h7-8,11-22H,5-6,9-10H2,1-4H3,(H,40,47)(H,41,44)(H,45,46). The number of fused-ring (bicyclic) bond motifs is 3. The van der Waals surface area contributed by atoms with Gasteiger partial charge in [-0.15, -0.1) is 0 Å². The van der Waals surface area contributed by atoms with E-state index in [1.165, 1.54) is 18.4 Å². The Hall–Kier alpha value is -5.44. The van der Waals surface area contributed by atoms with E-state index in [4.69, 9.17) is 4.98 Å². The highest BCUT2D eigenvalue weighted by Gasteiger charge is 2.32. The third kappa shape index (κ3) is 5.21. The van der Waals surface area contributed by atoms with E-state index < -0.39 is 17.4 Å². The van der Waals surface area contributed by atoms with E-state index in [0.29, 0.717) is 22.6 Å². The number of nitrogens with one attached hydrogen (secondary N) is 2. The van der Waals surface area contributed by atoms with Crippen molar-refractivity contribution in [2.45, 2.75) is 51.0 Å². The van der Waals surface area contributed by atoms with Gasteiger partial charge in [0, 0.05) is 64.3 Å². The number of carbonyl (C=O) groups is 3. The summed E-state index contributed by atoms with van der Waals surface area (Å²) >= 11 is 0. The van der Waals surface area contributed by atoms with Crippen molar-refractivity contribution in [2.24, 2.45) is 14.1 Å². The molecule has 2 amide bonds. The first kappa shape index (κ1) is 30.2. The third-order valence-electron chi connectivity index (χ3n) is 9.67. The lowest BCUT2D eigenvalue weighted by atomic mass is 9.91. The number of anilines is 1. The summed E-state index contributed by atoms with van der Waals surface area (Å²) < 4.78 is 3.78. The van der Waals surface area contributed by atoms with Gasteiger partial charge in [-0.2, -0.15) is 0 Å². The van der Waals surface area contributed by atoms with Crippen molar-refractivity contribution in [3.63, 3.8) is 0 Å². The number of carboxylic acids is 1. The maximum atomic E-state index is 13.7.